The summed E-state index contributed by atoms with van der Waals surface area (Å²) in [4.78, 5) is 9.84. The van der Waals surface area contributed by atoms with Crippen LogP contribution in [0.25, 0.3) is 0 Å². The lowest BCUT2D eigenvalue weighted by molar-refractivity contribution is -0.385. The van der Waals surface area contributed by atoms with Gasteiger partial charge in [-0.05, 0) is 12.5 Å². The van der Waals surface area contributed by atoms with Crippen molar-refractivity contribution in [2.75, 3.05) is 11.9 Å². The molecule has 0 bridgehead atoms. The first-order valence-corrected chi connectivity index (χ1v) is 6.33. The Balaban J connectivity index is 2.36. The smallest absolute Gasteiger partial charge is 0.272 e. The van der Waals surface area contributed by atoms with Gasteiger partial charge in [0.15, 0.2) is 5.82 Å². The van der Waals surface area contributed by atoms with Crippen LogP contribution in [0.5, 0.6) is 0 Å². The minimum absolute atomic E-state index is 0.221. The minimum atomic E-state index is -0.600. The minimum Gasteiger partial charge on any atom is -0.383 e. The monoisotopic (exact) mass is 254 g/mol. The van der Waals surface area contributed by atoms with Crippen molar-refractivity contribution in [3.8, 4) is 0 Å². The van der Waals surface area contributed by atoms with E-state index in [0.717, 1.165) is 18.9 Å². The van der Waals surface area contributed by atoms with E-state index in [1.54, 1.807) is 0 Å². The molecule has 0 saturated carbocycles. The van der Waals surface area contributed by atoms with Gasteiger partial charge in [-0.3, -0.25) is 10.1 Å². The zero-order chi connectivity index (χ0) is 13.4. The van der Waals surface area contributed by atoms with Gasteiger partial charge >= 0.3 is 0 Å². The number of halogens is 1. The Morgan fingerprint density at radius 1 is 1.28 bits per heavy atom. The molecule has 0 aliphatic rings. The van der Waals surface area contributed by atoms with Crippen molar-refractivity contribution in [2.24, 2.45) is 0 Å². The van der Waals surface area contributed by atoms with Gasteiger partial charge < -0.3 is 5.32 Å². The van der Waals surface area contributed by atoms with Gasteiger partial charge in [-0.25, -0.2) is 4.39 Å². The molecule has 0 aliphatic carbocycles. The number of hydrogen-bond donors (Lipinski definition) is 1. The van der Waals surface area contributed by atoms with Crippen LogP contribution in [0, 0.1) is 15.9 Å². The Bertz CT molecular complexity index is 397. The van der Waals surface area contributed by atoms with Crippen molar-refractivity contribution in [2.45, 2.75) is 39.0 Å². The summed E-state index contributed by atoms with van der Waals surface area (Å²) in [6.45, 7) is 2.85. The molecule has 1 N–H and O–H groups in total. The number of non-ortho nitro benzene ring substituents is 1. The molecular formula is C13H19FN2O2. The molecule has 18 heavy (non-hydrogen) atoms. The van der Waals surface area contributed by atoms with Gasteiger partial charge in [0.25, 0.3) is 5.69 Å². The van der Waals surface area contributed by atoms with Crippen LogP contribution >= 0.6 is 0 Å². The van der Waals surface area contributed by atoms with Gasteiger partial charge in [0.05, 0.1) is 16.7 Å². The van der Waals surface area contributed by atoms with E-state index in [-0.39, 0.29) is 5.69 Å². The molecule has 1 aromatic rings. The highest BCUT2D eigenvalue weighted by atomic mass is 19.1. The van der Waals surface area contributed by atoms with E-state index in [0.29, 0.717) is 12.2 Å². The van der Waals surface area contributed by atoms with Gasteiger partial charge in [0, 0.05) is 12.6 Å². The van der Waals surface area contributed by atoms with Crippen molar-refractivity contribution in [1.82, 2.24) is 0 Å². The Morgan fingerprint density at radius 3 is 2.61 bits per heavy atom. The number of nitro benzene ring substituents is 1. The summed E-state index contributed by atoms with van der Waals surface area (Å²) < 4.78 is 13.5. The van der Waals surface area contributed by atoms with E-state index in [2.05, 4.69) is 12.2 Å². The van der Waals surface area contributed by atoms with Crippen LogP contribution in [0.4, 0.5) is 15.8 Å². The maximum Gasteiger partial charge on any atom is 0.272 e. The highest BCUT2D eigenvalue weighted by Gasteiger charge is 2.09. The maximum atomic E-state index is 13.5. The standard InChI is InChI=1S/C13H19FN2O2/c1-2-3-4-5-6-9-15-13-8-7-11(16(17)18)10-12(13)14/h7-8,10,15H,2-6,9H2,1H3. The maximum absolute atomic E-state index is 13.5. The molecule has 5 heteroatoms. The lowest BCUT2D eigenvalue weighted by Gasteiger charge is -2.07. The summed E-state index contributed by atoms with van der Waals surface area (Å²) in [5.74, 6) is -0.572. The van der Waals surface area contributed by atoms with E-state index in [9.17, 15) is 14.5 Å². The van der Waals surface area contributed by atoms with E-state index in [4.69, 9.17) is 0 Å². The Labute approximate surface area is 106 Å². The first-order chi connectivity index (χ1) is 8.65. The molecule has 0 heterocycles. The number of anilines is 1. The zero-order valence-electron chi connectivity index (χ0n) is 10.6. The Kier molecular flexibility index (Phi) is 6.11. The number of unbranched alkanes of at least 4 members (excludes halogenated alkanes) is 4. The number of nitro groups is 1. The molecular weight excluding hydrogens is 235 g/mol. The van der Waals surface area contributed by atoms with E-state index >= 15 is 0 Å². The summed E-state index contributed by atoms with van der Waals surface area (Å²) in [5, 5.41) is 13.4. The normalized spacial score (nSPS) is 10.3. The summed E-state index contributed by atoms with van der Waals surface area (Å²) in [6.07, 6.45) is 5.73. The number of rotatable bonds is 8. The van der Waals surface area contributed by atoms with Crippen molar-refractivity contribution in [3.05, 3.63) is 34.1 Å². The fourth-order valence-corrected chi connectivity index (χ4v) is 1.71. The zero-order valence-corrected chi connectivity index (χ0v) is 10.6. The highest BCUT2D eigenvalue weighted by molar-refractivity contribution is 5.49. The molecule has 0 aromatic heterocycles. The third-order valence-electron chi connectivity index (χ3n) is 2.76. The lowest BCUT2D eigenvalue weighted by atomic mass is 10.1. The third-order valence-corrected chi connectivity index (χ3v) is 2.76. The van der Waals surface area contributed by atoms with Crippen molar-refractivity contribution in [1.29, 1.82) is 0 Å². The van der Waals surface area contributed by atoms with Crippen LogP contribution in [0.1, 0.15) is 39.0 Å². The largest absolute Gasteiger partial charge is 0.383 e. The fourth-order valence-electron chi connectivity index (χ4n) is 1.71. The second kappa shape index (κ2) is 7.63. The number of nitrogens with zero attached hydrogens (tertiary/aromatic N) is 1. The van der Waals surface area contributed by atoms with Gasteiger partial charge in [-0.1, -0.05) is 32.6 Å². The average molecular weight is 254 g/mol. The molecule has 1 rings (SSSR count). The van der Waals surface area contributed by atoms with Gasteiger partial charge in [0.1, 0.15) is 0 Å². The molecule has 0 atom stereocenters. The Morgan fingerprint density at radius 2 is 2.00 bits per heavy atom. The topological polar surface area (TPSA) is 55.2 Å². The third kappa shape index (κ3) is 4.69. The number of hydrogen-bond acceptors (Lipinski definition) is 3. The van der Waals surface area contributed by atoms with Crippen LogP contribution in [0.15, 0.2) is 18.2 Å². The average Bonchev–Trinajstić information content (AvgIpc) is 2.35. The summed E-state index contributed by atoms with van der Waals surface area (Å²) in [5.41, 5.74) is 0.108. The van der Waals surface area contributed by atoms with Crippen LogP contribution in [0.3, 0.4) is 0 Å². The fraction of sp³-hybridized carbons (Fsp3) is 0.538. The molecule has 0 aliphatic heterocycles. The summed E-state index contributed by atoms with van der Waals surface area (Å²) >= 11 is 0. The highest BCUT2D eigenvalue weighted by Crippen LogP contribution is 2.20. The van der Waals surface area contributed by atoms with Crippen LogP contribution < -0.4 is 5.32 Å². The van der Waals surface area contributed by atoms with Gasteiger partial charge in [-0.15, -0.1) is 0 Å². The predicted molar refractivity (Wildman–Crippen MR) is 70.3 cm³/mol. The molecule has 0 radical (unpaired) electrons. The lowest BCUT2D eigenvalue weighted by Crippen LogP contribution is -2.03. The van der Waals surface area contributed by atoms with Crippen LogP contribution in [-0.4, -0.2) is 11.5 Å². The number of nitrogens with one attached hydrogen (secondary N) is 1. The predicted octanol–water partition coefficient (Wildman–Crippen LogP) is 4.12. The molecule has 100 valence electrons. The quantitative estimate of drug-likeness (QED) is 0.431. The van der Waals surface area contributed by atoms with E-state index in [1.807, 2.05) is 0 Å². The van der Waals surface area contributed by atoms with Crippen molar-refractivity contribution >= 4 is 11.4 Å². The molecule has 0 amide bonds. The van der Waals surface area contributed by atoms with E-state index < -0.39 is 10.7 Å². The van der Waals surface area contributed by atoms with Crippen LogP contribution in [-0.2, 0) is 0 Å². The molecule has 4 nitrogen and oxygen atoms in total. The summed E-state index contributed by atoms with van der Waals surface area (Å²) in [7, 11) is 0. The van der Waals surface area contributed by atoms with Crippen molar-refractivity contribution in [3.63, 3.8) is 0 Å². The molecule has 0 fully saturated rings. The van der Waals surface area contributed by atoms with Crippen molar-refractivity contribution < 1.29 is 9.31 Å². The Hall–Kier alpha value is -1.65. The summed E-state index contributed by atoms with van der Waals surface area (Å²) in [6, 6.07) is 3.67. The van der Waals surface area contributed by atoms with Gasteiger partial charge in [-0.2, -0.15) is 0 Å². The molecule has 0 unspecified atom stereocenters. The SMILES string of the molecule is CCCCCCCNc1ccc([N+](=O)[O-])cc1F. The first-order valence-electron chi connectivity index (χ1n) is 6.33. The number of benzene rings is 1. The van der Waals surface area contributed by atoms with Crippen LogP contribution in [0.2, 0.25) is 0 Å². The first kappa shape index (κ1) is 14.4. The van der Waals surface area contributed by atoms with E-state index in [1.165, 1.54) is 31.4 Å². The second-order valence-corrected chi connectivity index (χ2v) is 4.26. The second-order valence-electron chi connectivity index (χ2n) is 4.26. The molecule has 1 aromatic carbocycles. The molecule has 0 saturated heterocycles. The molecule has 0 spiro atoms. The van der Waals surface area contributed by atoms with Gasteiger partial charge in [0.2, 0.25) is 0 Å².